The summed E-state index contributed by atoms with van der Waals surface area (Å²) < 4.78 is 11.5. The molecule has 1 atom stereocenters. The molecule has 1 amide bonds. The van der Waals surface area contributed by atoms with Gasteiger partial charge >= 0.3 is 0 Å². The Kier molecular flexibility index (Phi) is 7.73. The summed E-state index contributed by atoms with van der Waals surface area (Å²) in [4.78, 5) is 18.6. The first-order valence-electron chi connectivity index (χ1n) is 11.9. The second kappa shape index (κ2) is 10.9. The van der Waals surface area contributed by atoms with Crippen LogP contribution in [0.15, 0.2) is 54.7 Å². The summed E-state index contributed by atoms with van der Waals surface area (Å²) in [5, 5.41) is 1.16. The van der Waals surface area contributed by atoms with Gasteiger partial charge < -0.3 is 14.4 Å². The topological polar surface area (TPSA) is 51.7 Å². The second-order valence-corrected chi connectivity index (χ2v) is 8.79. The lowest BCUT2D eigenvalue weighted by atomic mass is 9.86. The highest BCUT2D eigenvalue weighted by Gasteiger charge is 2.29. The summed E-state index contributed by atoms with van der Waals surface area (Å²) in [6.07, 6.45) is 4.35. The average molecular weight is 447 g/mol. The van der Waals surface area contributed by atoms with E-state index < -0.39 is 0 Å². The van der Waals surface area contributed by atoms with Crippen LogP contribution in [-0.4, -0.2) is 49.2 Å². The molecule has 4 rings (SSSR count). The summed E-state index contributed by atoms with van der Waals surface area (Å²) in [6.45, 7) is 6.82. The highest BCUT2D eigenvalue weighted by atomic mass is 16.5. The van der Waals surface area contributed by atoms with E-state index in [1.165, 1.54) is 22.3 Å². The van der Waals surface area contributed by atoms with E-state index in [1.54, 1.807) is 7.11 Å². The SMILES string of the molecule is CCC(=O)N1CCC(C(OCCOC)c2ccc(-c3ccc4cccnc4c3C)cc2)CC1. The molecule has 1 aromatic heterocycles. The first-order chi connectivity index (χ1) is 16.1. The van der Waals surface area contributed by atoms with E-state index in [1.807, 2.05) is 24.1 Å². The standard InChI is InChI=1S/C28H34N2O3/c1-4-26(31)30-16-13-24(14-17-30)28(33-19-18-32-3)23-9-7-21(8-10-23)25-12-11-22-6-5-15-29-27(22)20(25)2/h5-12,15,24,28H,4,13-14,16-19H2,1-3H3. The van der Waals surface area contributed by atoms with Gasteiger partial charge in [-0.15, -0.1) is 0 Å². The maximum Gasteiger partial charge on any atom is 0.222 e. The summed E-state index contributed by atoms with van der Waals surface area (Å²) in [6, 6.07) is 17.2. The number of benzene rings is 2. The van der Waals surface area contributed by atoms with Crippen molar-refractivity contribution in [3.05, 3.63) is 65.9 Å². The van der Waals surface area contributed by atoms with Gasteiger partial charge in [-0.25, -0.2) is 0 Å². The number of carbonyl (C=O) groups is 1. The molecule has 5 nitrogen and oxygen atoms in total. The number of fused-ring (bicyclic) bond motifs is 1. The Morgan fingerprint density at radius 1 is 1.09 bits per heavy atom. The third-order valence-corrected chi connectivity index (χ3v) is 6.79. The maximum atomic E-state index is 12.1. The number of likely N-dealkylation sites (tertiary alicyclic amines) is 1. The van der Waals surface area contributed by atoms with Gasteiger partial charge in [-0.05, 0) is 54.0 Å². The number of hydrogen-bond acceptors (Lipinski definition) is 4. The summed E-state index contributed by atoms with van der Waals surface area (Å²) in [5.41, 5.74) is 5.82. The smallest absolute Gasteiger partial charge is 0.222 e. The molecule has 1 aliphatic rings. The Balaban J connectivity index is 1.55. The van der Waals surface area contributed by atoms with Gasteiger partial charge in [0.15, 0.2) is 0 Å². The lowest BCUT2D eigenvalue weighted by molar-refractivity contribution is -0.133. The van der Waals surface area contributed by atoms with Crippen LogP contribution in [-0.2, 0) is 14.3 Å². The Hall–Kier alpha value is -2.76. The Morgan fingerprint density at radius 2 is 1.85 bits per heavy atom. The van der Waals surface area contributed by atoms with Crippen LogP contribution >= 0.6 is 0 Å². The molecule has 0 spiro atoms. The molecule has 1 fully saturated rings. The molecule has 0 bridgehead atoms. The van der Waals surface area contributed by atoms with E-state index >= 15 is 0 Å². The van der Waals surface area contributed by atoms with Crippen LogP contribution in [0.2, 0.25) is 0 Å². The van der Waals surface area contributed by atoms with Gasteiger partial charge in [0.25, 0.3) is 0 Å². The van der Waals surface area contributed by atoms with Crippen molar-refractivity contribution >= 4 is 16.8 Å². The molecule has 0 N–H and O–H groups in total. The van der Waals surface area contributed by atoms with Gasteiger partial charge in [-0.1, -0.05) is 49.4 Å². The number of piperidine rings is 1. The van der Waals surface area contributed by atoms with Crippen molar-refractivity contribution in [2.45, 2.75) is 39.2 Å². The molecule has 33 heavy (non-hydrogen) atoms. The first-order valence-corrected chi connectivity index (χ1v) is 11.9. The molecule has 1 unspecified atom stereocenters. The largest absolute Gasteiger partial charge is 0.382 e. The number of pyridine rings is 1. The van der Waals surface area contributed by atoms with Gasteiger partial charge in [-0.3, -0.25) is 9.78 Å². The van der Waals surface area contributed by atoms with Crippen molar-refractivity contribution in [3.8, 4) is 11.1 Å². The molecule has 5 heteroatoms. The van der Waals surface area contributed by atoms with Gasteiger partial charge in [0.2, 0.25) is 5.91 Å². The van der Waals surface area contributed by atoms with E-state index in [0.717, 1.165) is 36.8 Å². The lowest BCUT2D eigenvalue weighted by Gasteiger charge is -2.36. The predicted molar refractivity (Wildman–Crippen MR) is 132 cm³/mol. The van der Waals surface area contributed by atoms with E-state index in [2.05, 4.69) is 54.4 Å². The number of aryl methyl sites for hydroxylation is 1. The summed E-state index contributed by atoms with van der Waals surface area (Å²) >= 11 is 0. The number of carbonyl (C=O) groups excluding carboxylic acids is 1. The van der Waals surface area contributed by atoms with Crippen LogP contribution in [0.4, 0.5) is 0 Å². The molecule has 2 heterocycles. The van der Waals surface area contributed by atoms with Crippen LogP contribution in [0.25, 0.3) is 22.0 Å². The molecular formula is C28H34N2O3. The van der Waals surface area contributed by atoms with Gasteiger partial charge in [0.05, 0.1) is 24.8 Å². The fourth-order valence-electron chi connectivity index (χ4n) is 4.89. The fourth-order valence-corrected chi connectivity index (χ4v) is 4.89. The van der Waals surface area contributed by atoms with Crippen LogP contribution in [0.5, 0.6) is 0 Å². The molecular weight excluding hydrogens is 412 g/mol. The molecule has 0 aliphatic carbocycles. The van der Waals surface area contributed by atoms with Crippen molar-refractivity contribution in [1.29, 1.82) is 0 Å². The number of amides is 1. The summed E-state index contributed by atoms with van der Waals surface area (Å²) in [7, 11) is 1.70. The predicted octanol–water partition coefficient (Wildman–Crippen LogP) is 5.56. The molecule has 3 aromatic rings. The molecule has 1 saturated heterocycles. The van der Waals surface area contributed by atoms with Crippen molar-refractivity contribution in [3.63, 3.8) is 0 Å². The van der Waals surface area contributed by atoms with Crippen LogP contribution in [0.1, 0.15) is 43.4 Å². The summed E-state index contributed by atoms with van der Waals surface area (Å²) in [5.74, 6) is 0.634. The van der Waals surface area contributed by atoms with E-state index in [9.17, 15) is 4.79 Å². The third kappa shape index (κ3) is 5.26. The highest BCUT2D eigenvalue weighted by molar-refractivity contribution is 5.88. The van der Waals surface area contributed by atoms with Crippen molar-refractivity contribution in [2.24, 2.45) is 5.92 Å². The Labute approximate surface area is 196 Å². The van der Waals surface area contributed by atoms with E-state index in [4.69, 9.17) is 9.47 Å². The molecule has 0 radical (unpaired) electrons. The highest BCUT2D eigenvalue weighted by Crippen LogP contribution is 2.36. The zero-order valence-electron chi connectivity index (χ0n) is 19.9. The van der Waals surface area contributed by atoms with Crippen molar-refractivity contribution in [2.75, 3.05) is 33.4 Å². The van der Waals surface area contributed by atoms with Crippen LogP contribution < -0.4 is 0 Å². The average Bonchev–Trinajstić information content (AvgIpc) is 2.87. The molecule has 174 valence electrons. The van der Waals surface area contributed by atoms with Crippen molar-refractivity contribution in [1.82, 2.24) is 9.88 Å². The quantitative estimate of drug-likeness (QED) is 0.425. The number of rotatable bonds is 8. The number of aromatic nitrogens is 1. The number of hydrogen-bond donors (Lipinski definition) is 0. The Morgan fingerprint density at radius 3 is 2.55 bits per heavy atom. The number of nitrogens with zero attached hydrogens (tertiary/aromatic N) is 2. The molecule has 1 aliphatic heterocycles. The minimum Gasteiger partial charge on any atom is -0.382 e. The zero-order valence-corrected chi connectivity index (χ0v) is 19.9. The van der Waals surface area contributed by atoms with Gasteiger partial charge in [0, 0.05) is 38.2 Å². The van der Waals surface area contributed by atoms with Crippen LogP contribution in [0.3, 0.4) is 0 Å². The fraction of sp³-hybridized carbons (Fsp3) is 0.429. The maximum absolute atomic E-state index is 12.1. The normalized spacial score (nSPS) is 15.7. The lowest BCUT2D eigenvalue weighted by Crippen LogP contribution is -2.39. The van der Waals surface area contributed by atoms with Crippen molar-refractivity contribution < 1.29 is 14.3 Å². The number of methoxy groups -OCH3 is 1. The van der Waals surface area contributed by atoms with Gasteiger partial charge in [-0.2, -0.15) is 0 Å². The Bertz CT molecular complexity index is 1070. The van der Waals surface area contributed by atoms with Crippen LogP contribution in [0, 0.1) is 12.8 Å². The molecule has 2 aromatic carbocycles. The minimum atomic E-state index is 0.00689. The minimum absolute atomic E-state index is 0.00689. The van der Waals surface area contributed by atoms with Gasteiger partial charge in [0.1, 0.15) is 0 Å². The third-order valence-electron chi connectivity index (χ3n) is 6.79. The molecule has 0 saturated carbocycles. The van der Waals surface area contributed by atoms with E-state index in [0.29, 0.717) is 25.6 Å². The number of ether oxygens (including phenoxy) is 2. The zero-order chi connectivity index (χ0) is 23.2. The monoisotopic (exact) mass is 446 g/mol. The second-order valence-electron chi connectivity index (χ2n) is 8.79. The first kappa shape index (κ1) is 23.4. The van der Waals surface area contributed by atoms with E-state index in [-0.39, 0.29) is 12.0 Å².